The van der Waals surface area contributed by atoms with Gasteiger partial charge in [-0.25, -0.2) is 0 Å². The van der Waals surface area contributed by atoms with E-state index in [0.717, 1.165) is 0 Å². The number of alkyl halides is 3. The topological polar surface area (TPSA) is 52.3 Å². The minimum absolute atomic E-state index is 0.0375. The molecular formula is C9H16F3NO2S. The second-order valence-corrected chi connectivity index (χ2v) is 4.48. The van der Waals surface area contributed by atoms with Crippen molar-refractivity contribution in [1.29, 1.82) is 0 Å². The van der Waals surface area contributed by atoms with Crippen molar-refractivity contribution in [2.24, 2.45) is 5.73 Å². The van der Waals surface area contributed by atoms with Gasteiger partial charge in [-0.3, -0.25) is 4.79 Å². The zero-order valence-electron chi connectivity index (χ0n) is 9.21. The van der Waals surface area contributed by atoms with Crippen molar-refractivity contribution < 1.29 is 22.7 Å². The second kappa shape index (κ2) is 7.01. The highest BCUT2D eigenvalue weighted by Gasteiger charge is 2.43. The van der Waals surface area contributed by atoms with Crippen LogP contribution in [0, 0.1) is 0 Å². The van der Waals surface area contributed by atoms with E-state index in [2.05, 4.69) is 4.74 Å². The van der Waals surface area contributed by atoms with E-state index >= 15 is 0 Å². The van der Waals surface area contributed by atoms with Gasteiger partial charge < -0.3 is 10.5 Å². The van der Waals surface area contributed by atoms with Gasteiger partial charge in [0.2, 0.25) is 0 Å². The summed E-state index contributed by atoms with van der Waals surface area (Å²) in [6, 6.07) is -0.942. The lowest BCUT2D eigenvalue weighted by atomic mass is 10.1. The van der Waals surface area contributed by atoms with Crippen LogP contribution in [-0.4, -0.2) is 36.3 Å². The Hall–Kier alpha value is -0.430. The smallest absolute Gasteiger partial charge is 0.402 e. The van der Waals surface area contributed by atoms with Gasteiger partial charge in [-0.2, -0.15) is 13.2 Å². The summed E-state index contributed by atoms with van der Waals surface area (Å²) in [5.74, 6) is -0.455. The molecule has 2 atom stereocenters. The number of esters is 1. The molecule has 0 aromatic rings. The molecule has 0 heterocycles. The van der Waals surface area contributed by atoms with Crippen molar-refractivity contribution in [3.8, 4) is 0 Å². The van der Waals surface area contributed by atoms with Gasteiger partial charge >= 0.3 is 12.1 Å². The fraction of sp³-hybridized carbons (Fsp3) is 0.889. The minimum Gasteiger partial charge on any atom is -0.469 e. The van der Waals surface area contributed by atoms with Crippen molar-refractivity contribution in [2.45, 2.75) is 37.2 Å². The van der Waals surface area contributed by atoms with Crippen LogP contribution in [0.15, 0.2) is 0 Å². The lowest BCUT2D eigenvalue weighted by Crippen LogP contribution is -2.42. The van der Waals surface area contributed by atoms with E-state index in [4.69, 9.17) is 5.73 Å². The number of hydrogen-bond donors (Lipinski definition) is 1. The maximum atomic E-state index is 12.5. The molecule has 0 radical (unpaired) electrons. The summed E-state index contributed by atoms with van der Waals surface area (Å²) in [5.41, 5.74) is 5.40. The number of hydrogen-bond acceptors (Lipinski definition) is 4. The Balaban J connectivity index is 4.19. The van der Waals surface area contributed by atoms with Crippen molar-refractivity contribution in [2.75, 3.05) is 12.9 Å². The average Bonchev–Trinajstić information content (AvgIpc) is 2.21. The average molecular weight is 259 g/mol. The summed E-state index contributed by atoms with van der Waals surface area (Å²) in [6.45, 7) is 1.60. The van der Waals surface area contributed by atoms with Crippen LogP contribution in [-0.2, 0) is 9.53 Å². The molecule has 96 valence electrons. The summed E-state index contributed by atoms with van der Waals surface area (Å²) in [4.78, 5) is 10.7. The number of carbonyl (C=O) groups excluding carboxylic acids is 1. The van der Waals surface area contributed by atoms with Gasteiger partial charge in [-0.05, 0) is 6.42 Å². The number of thioether (sulfide) groups is 1. The molecular weight excluding hydrogens is 243 g/mol. The molecule has 0 aliphatic carbocycles. The van der Waals surface area contributed by atoms with Crippen LogP contribution in [0.5, 0.6) is 0 Å². The molecule has 0 aromatic carbocycles. The molecule has 0 fully saturated rings. The summed E-state index contributed by atoms with van der Waals surface area (Å²) in [7, 11) is 1.20. The maximum Gasteiger partial charge on any atom is 0.402 e. The summed E-state index contributed by atoms with van der Waals surface area (Å²) < 4.78 is 42.0. The van der Waals surface area contributed by atoms with E-state index in [1.165, 1.54) is 7.11 Å². The highest BCUT2D eigenvalue weighted by Crippen LogP contribution is 2.33. The van der Waals surface area contributed by atoms with E-state index in [9.17, 15) is 18.0 Å². The SMILES string of the molecule is CCC(N)C(SCCC(=O)OC)C(F)(F)F. The normalized spacial score (nSPS) is 15.6. The Morgan fingerprint density at radius 3 is 2.44 bits per heavy atom. The number of ether oxygens (including phenoxy) is 1. The third-order valence-corrected chi connectivity index (χ3v) is 3.43. The number of halogens is 3. The van der Waals surface area contributed by atoms with Crippen molar-refractivity contribution >= 4 is 17.7 Å². The molecule has 2 N–H and O–H groups in total. The number of carbonyl (C=O) groups is 1. The Bertz CT molecular complexity index is 223. The molecule has 0 aliphatic heterocycles. The van der Waals surface area contributed by atoms with Crippen LogP contribution in [0.2, 0.25) is 0 Å². The fourth-order valence-corrected chi connectivity index (χ4v) is 2.21. The Labute approximate surface area is 96.9 Å². The van der Waals surface area contributed by atoms with Crippen LogP contribution in [0.25, 0.3) is 0 Å². The predicted molar refractivity (Wildman–Crippen MR) is 57.2 cm³/mol. The van der Waals surface area contributed by atoms with Crippen molar-refractivity contribution in [3.63, 3.8) is 0 Å². The molecule has 0 aromatic heterocycles. The van der Waals surface area contributed by atoms with Gasteiger partial charge in [0.05, 0.1) is 13.5 Å². The molecule has 3 nitrogen and oxygen atoms in total. The lowest BCUT2D eigenvalue weighted by Gasteiger charge is -2.24. The molecule has 0 spiro atoms. The van der Waals surface area contributed by atoms with E-state index in [1.54, 1.807) is 6.92 Å². The van der Waals surface area contributed by atoms with Gasteiger partial charge in [-0.15, -0.1) is 11.8 Å². The van der Waals surface area contributed by atoms with E-state index < -0.39 is 23.4 Å². The largest absolute Gasteiger partial charge is 0.469 e. The standard InChI is InChI=1S/C9H16F3NO2S/c1-3-6(13)8(9(10,11)12)16-5-4-7(14)15-2/h6,8H,3-5,13H2,1-2H3. The zero-order valence-corrected chi connectivity index (χ0v) is 10.0. The molecule has 0 saturated carbocycles. The van der Waals surface area contributed by atoms with Crippen molar-refractivity contribution in [3.05, 3.63) is 0 Å². The monoisotopic (exact) mass is 259 g/mol. The molecule has 16 heavy (non-hydrogen) atoms. The van der Waals surface area contributed by atoms with Gasteiger partial charge in [0.15, 0.2) is 0 Å². The summed E-state index contributed by atoms with van der Waals surface area (Å²) in [6.07, 6.45) is -4.13. The third-order valence-electron chi connectivity index (χ3n) is 2.01. The highest BCUT2D eigenvalue weighted by molar-refractivity contribution is 8.00. The molecule has 0 rings (SSSR count). The Kier molecular flexibility index (Phi) is 6.82. The first kappa shape index (κ1) is 15.6. The zero-order chi connectivity index (χ0) is 12.8. The maximum absolute atomic E-state index is 12.5. The predicted octanol–water partition coefficient (Wildman–Crippen LogP) is 1.95. The Morgan fingerprint density at radius 1 is 1.50 bits per heavy atom. The molecule has 0 aliphatic rings. The quantitative estimate of drug-likeness (QED) is 0.741. The van der Waals surface area contributed by atoms with Gasteiger partial charge in [-0.1, -0.05) is 6.92 Å². The van der Waals surface area contributed by atoms with Gasteiger partial charge in [0, 0.05) is 11.8 Å². The van der Waals surface area contributed by atoms with Gasteiger partial charge in [0.1, 0.15) is 5.25 Å². The van der Waals surface area contributed by atoms with Crippen molar-refractivity contribution in [1.82, 2.24) is 0 Å². The van der Waals surface area contributed by atoms with E-state index in [1.807, 2.05) is 0 Å². The highest BCUT2D eigenvalue weighted by atomic mass is 32.2. The summed E-state index contributed by atoms with van der Waals surface area (Å²) in [5, 5.41) is -1.62. The molecule has 0 saturated heterocycles. The van der Waals surface area contributed by atoms with Crippen LogP contribution in [0.3, 0.4) is 0 Å². The van der Waals surface area contributed by atoms with E-state index in [-0.39, 0.29) is 18.6 Å². The van der Waals surface area contributed by atoms with Crippen LogP contribution < -0.4 is 5.73 Å². The number of nitrogens with two attached hydrogens (primary N) is 1. The lowest BCUT2D eigenvalue weighted by molar-refractivity contribution is -0.140. The van der Waals surface area contributed by atoms with E-state index in [0.29, 0.717) is 11.8 Å². The van der Waals surface area contributed by atoms with Gasteiger partial charge in [0.25, 0.3) is 0 Å². The molecule has 7 heteroatoms. The number of methoxy groups -OCH3 is 1. The molecule has 2 unspecified atom stereocenters. The van der Waals surface area contributed by atoms with Crippen LogP contribution in [0.4, 0.5) is 13.2 Å². The minimum atomic E-state index is -4.34. The first-order valence-electron chi connectivity index (χ1n) is 4.83. The molecule has 0 amide bonds. The third kappa shape index (κ3) is 5.60. The fourth-order valence-electron chi connectivity index (χ4n) is 1.05. The summed E-state index contributed by atoms with van der Waals surface area (Å²) >= 11 is 0.654. The first-order chi connectivity index (χ1) is 7.32. The molecule has 0 bridgehead atoms. The number of rotatable bonds is 6. The second-order valence-electron chi connectivity index (χ2n) is 3.23. The first-order valence-corrected chi connectivity index (χ1v) is 5.88. The van der Waals surface area contributed by atoms with Crippen LogP contribution in [0.1, 0.15) is 19.8 Å². The Morgan fingerprint density at radius 2 is 2.06 bits per heavy atom. The van der Waals surface area contributed by atoms with Crippen LogP contribution >= 0.6 is 11.8 Å².